The van der Waals surface area contributed by atoms with Crippen LogP contribution in [-0.4, -0.2) is 12.1 Å². The molecule has 3 rings (SSSR count). The third kappa shape index (κ3) is 3.11. The summed E-state index contributed by atoms with van der Waals surface area (Å²) in [4.78, 5) is 24.5. The van der Waals surface area contributed by atoms with E-state index >= 15 is 0 Å². The van der Waals surface area contributed by atoms with Crippen molar-refractivity contribution in [2.75, 3.05) is 0 Å². The lowest BCUT2D eigenvalue weighted by Crippen LogP contribution is -2.16. The van der Waals surface area contributed by atoms with Crippen LogP contribution in [0, 0.1) is 0 Å². The van der Waals surface area contributed by atoms with E-state index in [1.807, 2.05) is 78.9 Å². The molecule has 0 bridgehead atoms. The molecule has 0 aliphatic rings. The lowest BCUT2D eigenvalue weighted by molar-refractivity contribution is 0.0973. The number of benzene rings is 3. The molecule has 0 amide bonds. The molecule has 0 spiro atoms. The van der Waals surface area contributed by atoms with Crippen molar-refractivity contribution in [1.29, 1.82) is 0 Å². The van der Waals surface area contributed by atoms with Crippen molar-refractivity contribution < 1.29 is 9.59 Å². The molecular weight excluding hydrogens is 284 g/mol. The summed E-state index contributed by atoms with van der Waals surface area (Å²) in [5.41, 5.74) is 2.81. The largest absolute Gasteiger partial charge is 0.298 e. The predicted octanol–water partition coefficient (Wildman–Crippen LogP) is 4.51. The Labute approximate surface area is 135 Å². The molecule has 0 N–H and O–H groups in total. The maximum Gasteiger partial charge on any atom is 0.174 e. The Balaban J connectivity index is 2.15. The Kier molecular flexibility index (Phi) is 4.44. The van der Waals surface area contributed by atoms with Gasteiger partial charge in [0.25, 0.3) is 0 Å². The van der Waals surface area contributed by atoms with Crippen molar-refractivity contribution in [3.05, 3.63) is 107 Å². The Morgan fingerprint density at radius 3 is 1.96 bits per heavy atom. The van der Waals surface area contributed by atoms with Gasteiger partial charge in [-0.05, 0) is 11.1 Å². The fourth-order valence-corrected chi connectivity index (χ4v) is 2.77. The van der Waals surface area contributed by atoms with E-state index in [0.717, 1.165) is 17.4 Å². The topological polar surface area (TPSA) is 34.1 Å². The summed E-state index contributed by atoms with van der Waals surface area (Å²) in [6.45, 7) is 0. The number of ketones is 1. The zero-order valence-corrected chi connectivity index (χ0v) is 12.6. The maximum absolute atomic E-state index is 13.1. The van der Waals surface area contributed by atoms with Crippen LogP contribution in [0.15, 0.2) is 84.9 Å². The minimum atomic E-state index is -0.486. The minimum absolute atomic E-state index is 0.00824. The van der Waals surface area contributed by atoms with E-state index in [1.165, 1.54) is 0 Å². The molecule has 1 unspecified atom stereocenters. The number of Topliss-reactive ketones (excluding diaryl/α,β-unsaturated/α-hetero) is 1. The van der Waals surface area contributed by atoms with Gasteiger partial charge in [0.05, 0.1) is 5.92 Å². The predicted molar refractivity (Wildman–Crippen MR) is 90.9 cm³/mol. The van der Waals surface area contributed by atoms with Crippen molar-refractivity contribution >= 4 is 12.1 Å². The van der Waals surface area contributed by atoms with E-state index in [2.05, 4.69) is 0 Å². The van der Waals surface area contributed by atoms with Crippen LogP contribution < -0.4 is 0 Å². The lowest BCUT2D eigenvalue weighted by Gasteiger charge is -2.18. The van der Waals surface area contributed by atoms with Crippen LogP contribution in [0.1, 0.15) is 37.8 Å². The summed E-state index contributed by atoms with van der Waals surface area (Å²) in [5, 5.41) is 0. The van der Waals surface area contributed by atoms with Crippen LogP contribution in [0.25, 0.3) is 0 Å². The first-order valence-corrected chi connectivity index (χ1v) is 7.49. The standard InChI is InChI=1S/C21H16O2/c22-15-18-13-7-8-14-19(18)20(16-9-3-1-4-10-16)21(23)17-11-5-2-6-12-17/h1-15,20H. The molecule has 0 saturated carbocycles. The first kappa shape index (κ1) is 14.9. The molecule has 3 aromatic carbocycles. The molecule has 0 aromatic heterocycles. The van der Waals surface area contributed by atoms with E-state index < -0.39 is 5.92 Å². The summed E-state index contributed by atoms with van der Waals surface area (Å²) in [6, 6.07) is 26.0. The quantitative estimate of drug-likeness (QED) is 0.513. The first-order valence-electron chi connectivity index (χ1n) is 7.49. The second-order valence-electron chi connectivity index (χ2n) is 5.32. The molecule has 0 fully saturated rings. The molecule has 1 atom stereocenters. The summed E-state index contributed by atoms with van der Waals surface area (Å²) in [5.74, 6) is -0.494. The van der Waals surface area contributed by atoms with Gasteiger partial charge in [-0.15, -0.1) is 0 Å². The maximum atomic E-state index is 13.1. The summed E-state index contributed by atoms with van der Waals surface area (Å²) >= 11 is 0. The van der Waals surface area contributed by atoms with Crippen molar-refractivity contribution in [2.45, 2.75) is 5.92 Å². The smallest absolute Gasteiger partial charge is 0.174 e. The highest BCUT2D eigenvalue weighted by Gasteiger charge is 2.25. The molecule has 2 heteroatoms. The van der Waals surface area contributed by atoms with Gasteiger partial charge in [-0.25, -0.2) is 0 Å². The summed E-state index contributed by atoms with van der Waals surface area (Å²) in [6.07, 6.45) is 0.809. The second kappa shape index (κ2) is 6.84. The number of hydrogen-bond acceptors (Lipinski definition) is 2. The fourth-order valence-electron chi connectivity index (χ4n) is 2.77. The van der Waals surface area contributed by atoms with Gasteiger partial charge < -0.3 is 0 Å². The third-order valence-corrected chi connectivity index (χ3v) is 3.89. The third-order valence-electron chi connectivity index (χ3n) is 3.89. The molecule has 23 heavy (non-hydrogen) atoms. The van der Waals surface area contributed by atoms with E-state index in [4.69, 9.17) is 0 Å². The average molecular weight is 300 g/mol. The number of carbonyl (C=O) groups excluding carboxylic acids is 2. The number of aldehydes is 1. The van der Waals surface area contributed by atoms with E-state index in [9.17, 15) is 9.59 Å². The first-order chi connectivity index (χ1) is 11.3. The van der Waals surface area contributed by atoms with Gasteiger partial charge in [0.2, 0.25) is 0 Å². The SMILES string of the molecule is O=Cc1ccccc1C(C(=O)c1ccccc1)c1ccccc1. The molecular formula is C21H16O2. The summed E-state index contributed by atoms with van der Waals surface area (Å²) in [7, 11) is 0. The summed E-state index contributed by atoms with van der Waals surface area (Å²) < 4.78 is 0. The molecule has 2 nitrogen and oxygen atoms in total. The molecule has 0 aliphatic heterocycles. The van der Waals surface area contributed by atoms with Crippen LogP contribution in [0.3, 0.4) is 0 Å². The van der Waals surface area contributed by atoms with Crippen LogP contribution in [-0.2, 0) is 0 Å². The average Bonchev–Trinajstić information content (AvgIpc) is 2.64. The Bertz CT molecular complexity index is 808. The van der Waals surface area contributed by atoms with Crippen molar-refractivity contribution in [3.63, 3.8) is 0 Å². The highest BCUT2D eigenvalue weighted by Crippen LogP contribution is 2.30. The van der Waals surface area contributed by atoms with E-state index in [0.29, 0.717) is 11.1 Å². The Morgan fingerprint density at radius 1 is 0.739 bits per heavy atom. The van der Waals surface area contributed by atoms with E-state index in [-0.39, 0.29) is 5.78 Å². The van der Waals surface area contributed by atoms with Gasteiger partial charge in [-0.2, -0.15) is 0 Å². The molecule has 3 aromatic rings. The Hall–Kier alpha value is -3.00. The minimum Gasteiger partial charge on any atom is -0.298 e. The lowest BCUT2D eigenvalue weighted by atomic mass is 9.83. The highest BCUT2D eigenvalue weighted by atomic mass is 16.1. The normalized spacial score (nSPS) is 11.7. The molecule has 0 heterocycles. The molecule has 112 valence electrons. The van der Waals surface area contributed by atoms with Crippen LogP contribution in [0.4, 0.5) is 0 Å². The van der Waals surface area contributed by atoms with Gasteiger partial charge in [0, 0.05) is 11.1 Å². The van der Waals surface area contributed by atoms with Crippen molar-refractivity contribution in [2.24, 2.45) is 0 Å². The van der Waals surface area contributed by atoms with Gasteiger partial charge in [0.15, 0.2) is 5.78 Å². The zero-order chi connectivity index (χ0) is 16.1. The number of hydrogen-bond donors (Lipinski definition) is 0. The van der Waals surface area contributed by atoms with Gasteiger partial charge in [0.1, 0.15) is 6.29 Å². The van der Waals surface area contributed by atoms with Crippen LogP contribution in [0.5, 0.6) is 0 Å². The van der Waals surface area contributed by atoms with Crippen LogP contribution >= 0.6 is 0 Å². The number of rotatable bonds is 5. The van der Waals surface area contributed by atoms with Gasteiger partial charge >= 0.3 is 0 Å². The van der Waals surface area contributed by atoms with Crippen molar-refractivity contribution in [3.8, 4) is 0 Å². The second-order valence-corrected chi connectivity index (χ2v) is 5.32. The highest BCUT2D eigenvalue weighted by molar-refractivity contribution is 6.04. The zero-order valence-electron chi connectivity index (χ0n) is 12.6. The van der Waals surface area contributed by atoms with E-state index in [1.54, 1.807) is 6.07 Å². The number of carbonyl (C=O) groups is 2. The van der Waals surface area contributed by atoms with Gasteiger partial charge in [-0.3, -0.25) is 9.59 Å². The molecule has 0 aliphatic carbocycles. The monoisotopic (exact) mass is 300 g/mol. The molecule has 0 radical (unpaired) electrons. The molecule has 0 saturated heterocycles. The van der Waals surface area contributed by atoms with Gasteiger partial charge in [-0.1, -0.05) is 84.9 Å². The Morgan fingerprint density at radius 2 is 1.30 bits per heavy atom. The van der Waals surface area contributed by atoms with Crippen molar-refractivity contribution in [1.82, 2.24) is 0 Å². The van der Waals surface area contributed by atoms with Crippen LogP contribution in [0.2, 0.25) is 0 Å². The fraction of sp³-hybridized carbons (Fsp3) is 0.0476.